The van der Waals surface area contributed by atoms with E-state index in [0.717, 1.165) is 44.4 Å². The molecule has 0 N–H and O–H groups in total. The summed E-state index contributed by atoms with van der Waals surface area (Å²) >= 11 is 0. The summed E-state index contributed by atoms with van der Waals surface area (Å²) in [6.45, 7) is 5.98. The molecule has 3 heterocycles. The summed E-state index contributed by atoms with van der Waals surface area (Å²) in [5.41, 5.74) is 1.67. The molecule has 2 aromatic rings. The van der Waals surface area contributed by atoms with Crippen LogP contribution in [-0.2, 0) is 6.54 Å². The van der Waals surface area contributed by atoms with Crippen molar-refractivity contribution in [1.29, 1.82) is 0 Å². The van der Waals surface area contributed by atoms with E-state index in [2.05, 4.69) is 14.8 Å². The highest BCUT2D eigenvalue weighted by Gasteiger charge is 2.24. The minimum atomic E-state index is 0.0375. The summed E-state index contributed by atoms with van der Waals surface area (Å²) in [6.07, 6.45) is 4.29. The molecule has 28 heavy (non-hydrogen) atoms. The summed E-state index contributed by atoms with van der Waals surface area (Å²) in [6, 6.07) is 9.40. The van der Waals surface area contributed by atoms with Gasteiger partial charge < -0.3 is 14.5 Å². The van der Waals surface area contributed by atoms with Gasteiger partial charge >= 0.3 is 0 Å². The topological polar surface area (TPSA) is 61.8 Å². The lowest BCUT2D eigenvalue weighted by molar-refractivity contribution is 0.0624. The normalized spacial score (nSPS) is 17.8. The average molecular weight is 381 g/mol. The molecule has 0 aliphatic carbocycles. The number of methoxy groups -OCH3 is 1. The van der Waals surface area contributed by atoms with Crippen molar-refractivity contribution in [2.75, 3.05) is 51.3 Å². The van der Waals surface area contributed by atoms with Crippen LogP contribution in [-0.4, -0.2) is 72.1 Å². The molecular formula is C21H27N5O2. The monoisotopic (exact) mass is 381 g/mol. The Hall–Kier alpha value is -2.67. The lowest BCUT2D eigenvalue weighted by atomic mass is 10.1. The first-order valence-corrected chi connectivity index (χ1v) is 9.96. The highest BCUT2D eigenvalue weighted by molar-refractivity contribution is 5.97. The highest BCUT2D eigenvalue weighted by atomic mass is 16.5. The molecule has 0 unspecified atom stereocenters. The van der Waals surface area contributed by atoms with Crippen LogP contribution in [0.15, 0.2) is 36.5 Å². The number of para-hydroxylation sites is 1. The van der Waals surface area contributed by atoms with Gasteiger partial charge in [0.25, 0.3) is 5.91 Å². The molecule has 2 fully saturated rings. The SMILES string of the molecule is COc1ccccc1C(=O)N1CCN(Cc2ccnc(N3CCCC3)n2)CC1. The Morgan fingerprint density at radius 1 is 1.04 bits per heavy atom. The zero-order chi connectivity index (χ0) is 19.3. The predicted molar refractivity (Wildman–Crippen MR) is 108 cm³/mol. The minimum absolute atomic E-state index is 0.0375. The molecule has 7 nitrogen and oxygen atoms in total. The molecule has 0 saturated carbocycles. The van der Waals surface area contributed by atoms with E-state index in [0.29, 0.717) is 24.4 Å². The second-order valence-corrected chi connectivity index (χ2v) is 7.31. The second kappa shape index (κ2) is 8.56. The van der Waals surface area contributed by atoms with Gasteiger partial charge in [-0.3, -0.25) is 9.69 Å². The molecule has 1 aromatic carbocycles. The minimum Gasteiger partial charge on any atom is -0.496 e. The Labute approximate surface area is 165 Å². The summed E-state index contributed by atoms with van der Waals surface area (Å²) < 4.78 is 5.33. The van der Waals surface area contributed by atoms with Crippen molar-refractivity contribution in [3.8, 4) is 5.75 Å². The number of carbonyl (C=O) groups is 1. The number of anilines is 1. The van der Waals surface area contributed by atoms with Crippen LogP contribution in [0.1, 0.15) is 28.9 Å². The van der Waals surface area contributed by atoms with Crippen LogP contribution >= 0.6 is 0 Å². The van der Waals surface area contributed by atoms with E-state index in [-0.39, 0.29) is 5.91 Å². The quantitative estimate of drug-likeness (QED) is 0.790. The van der Waals surface area contributed by atoms with E-state index < -0.39 is 0 Å². The van der Waals surface area contributed by atoms with Crippen LogP contribution < -0.4 is 9.64 Å². The smallest absolute Gasteiger partial charge is 0.257 e. The van der Waals surface area contributed by atoms with Crippen LogP contribution in [0, 0.1) is 0 Å². The van der Waals surface area contributed by atoms with Gasteiger partial charge in [0.15, 0.2) is 0 Å². The fraction of sp³-hybridized carbons (Fsp3) is 0.476. The first-order valence-electron chi connectivity index (χ1n) is 9.96. The Balaban J connectivity index is 1.34. The van der Waals surface area contributed by atoms with E-state index in [1.807, 2.05) is 41.4 Å². The second-order valence-electron chi connectivity index (χ2n) is 7.31. The molecule has 0 radical (unpaired) electrons. The van der Waals surface area contributed by atoms with Crippen LogP contribution in [0.2, 0.25) is 0 Å². The predicted octanol–water partition coefficient (Wildman–Crippen LogP) is 2.04. The van der Waals surface area contributed by atoms with E-state index >= 15 is 0 Å². The highest BCUT2D eigenvalue weighted by Crippen LogP contribution is 2.21. The molecule has 7 heteroatoms. The lowest BCUT2D eigenvalue weighted by Crippen LogP contribution is -2.48. The number of hydrogen-bond donors (Lipinski definition) is 0. The van der Waals surface area contributed by atoms with Crippen LogP contribution in [0.4, 0.5) is 5.95 Å². The van der Waals surface area contributed by atoms with Gasteiger partial charge in [0.1, 0.15) is 5.75 Å². The Morgan fingerprint density at radius 3 is 2.54 bits per heavy atom. The third kappa shape index (κ3) is 4.09. The molecule has 0 bridgehead atoms. The van der Waals surface area contributed by atoms with E-state index in [9.17, 15) is 4.79 Å². The molecule has 1 amide bonds. The van der Waals surface area contributed by atoms with E-state index in [4.69, 9.17) is 9.72 Å². The molecule has 2 saturated heterocycles. The number of benzene rings is 1. The van der Waals surface area contributed by atoms with Crippen molar-refractivity contribution >= 4 is 11.9 Å². The molecular weight excluding hydrogens is 354 g/mol. The fourth-order valence-corrected chi connectivity index (χ4v) is 3.87. The molecule has 2 aliphatic heterocycles. The maximum Gasteiger partial charge on any atom is 0.257 e. The Bertz CT molecular complexity index is 814. The Kier molecular flexibility index (Phi) is 5.71. The van der Waals surface area contributed by atoms with Crippen LogP contribution in [0.3, 0.4) is 0 Å². The van der Waals surface area contributed by atoms with Gasteiger partial charge in [0.05, 0.1) is 18.4 Å². The van der Waals surface area contributed by atoms with Crippen molar-refractivity contribution in [1.82, 2.24) is 19.8 Å². The zero-order valence-electron chi connectivity index (χ0n) is 16.4. The average Bonchev–Trinajstić information content (AvgIpc) is 3.29. The zero-order valence-corrected chi connectivity index (χ0v) is 16.4. The molecule has 0 atom stereocenters. The van der Waals surface area contributed by atoms with Gasteiger partial charge in [-0.1, -0.05) is 12.1 Å². The standard InChI is InChI=1S/C21H27N5O2/c1-28-19-7-3-2-6-18(19)20(27)25-14-12-24(13-15-25)16-17-8-9-22-21(23-17)26-10-4-5-11-26/h2-3,6-9H,4-5,10-16H2,1H3. The number of amides is 1. The molecule has 148 valence electrons. The molecule has 1 aromatic heterocycles. The molecule has 2 aliphatic rings. The largest absolute Gasteiger partial charge is 0.496 e. The van der Waals surface area contributed by atoms with Gasteiger partial charge in [-0.25, -0.2) is 9.97 Å². The number of carbonyl (C=O) groups excluding carboxylic acids is 1. The first-order chi connectivity index (χ1) is 13.7. The van der Waals surface area contributed by atoms with Gasteiger partial charge in [0, 0.05) is 52.0 Å². The van der Waals surface area contributed by atoms with Gasteiger partial charge in [-0.15, -0.1) is 0 Å². The van der Waals surface area contributed by atoms with Gasteiger partial charge in [-0.05, 0) is 31.0 Å². The van der Waals surface area contributed by atoms with Crippen molar-refractivity contribution in [3.05, 3.63) is 47.8 Å². The van der Waals surface area contributed by atoms with Crippen LogP contribution in [0.5, 0.6) is 5.75 Å². The summed E-state index contributed by atoms with van der Waals surface area (Å²) in [5, 5.41) is 0. The number of aromatic nitrogens is 2. The number of rotatable bonds is 5. The first kappa shape index (κ1) is 18.7. The van der Waals surface area contributed by atoms with Crippen LogP contribution in [0.25, 0.3) is 0 Å². The van der Waals surface area contributed by atoms with E-state index in [1.165, 1.54) is 12.8 Å². The molecule has 4 rings (SSSR count). The van der Waals surface area contributed by atoms with Crippen molar-refractivity contribution in [2.45, 2.75) is 19.4 Å². The molecule has 0 spiro atoms. The maximum absolute atomic E-state index is 12.8. The summed E-state index contributed by atoms with van der Waals surface area (Å²) in [7, 11) is 1.60. The van der Waals surface area contributed by atoms with Crippen molar-refractivity contribution in [3.63, 3.8) is 0 Å². The van der Waals surface area contributed by atoms with E-state index in [1.54, 1.807) is 7.11 Å². The van der Waals surface area contributed by atoms with Crippen molar-refractivity contribution < 1.29 is 9.53 Å². The number of ether oxygens (including phenoxy) is 1. The summed E-state index contributed by atoms with van der Waals surface area (Å²) in [4.78, 5) is 28.5. The number of nitrogens with zero attached hydrogens (tertiary/aromatic N) is 5. The lowest BCUT2D eigenvalue weighted by Gasteiger charge is -2.34. The number of hydrogen-bond acceptors (Lipinski definition) is 6. The summed E-state index contributed by atoms with van der Waals surface area (Å²) in [5.74, 6) is 1.51. The number of piperazine rings is 1. The third-order valence-electron chi connectivity index (χ3n) is 5.47. The fourth-order valence-electron chi connectivity index (χ4n) is 3.87. The Morgan fingerprint density at radius 2 is 1.79 bits per heavy atom. The van der Waals surface area contributed by atoms with Gasteiger partial charge in [0.2, 0.25) is 5.95 Å². The maximum atomic E-state index is 12.8. The van der Waals surface area contributed by atoms with Crippen molar-refractivity contribution in [2.24, 2.45) is 0 Å². The third-order valence-corrected chi connectivity index (χ3v) is 5.47. The van der Waals surface area contributed by atoms with Gasteiger partial charge in [-0.2, -0.15) is 0 Å².